The molecule has 0 radical (unpaired) electrons. The van der Waals surface area contributed by atoms with Crippen LogP contribution in [-0.4, -0.2) is 39.3 Å². The monoisotopic (exact) mass is 287 g/mol. The number of ether oxygens (including phenoxy) is 1. The van der Waals surface area contributed by atoms with Crippen LogP contribution in [0.1, 0.15) is 12.5 Å². The molecule has 0 fully saturated rings. The smallest absolute Gasteiger partial charge is 0.309 e. The largest absolute Gasteiger partial charge is 0.469 e. The second kappa shape index (κ2) is 6.65. The fourth-order valence-electron chi connectivity index (χ4n) is 1.34. The molecule has 6 nitrogen and oxygen atoms in total. The minimum absolute atomic E-state index is 0.0494. The quantitative estimate of drug-likeness (QED) is 0.722. The topological polar surface area (TPSA) is 92.7 Å². The Hall–Kier alpha value is -1.44. The summed E-state index contributed by atoms with van der Waals surface area (Å²) >= 11 is 0. The molecule has 0 unspecified atom stereocenters. The maximum Gasteiger partial charge on any atom is 0.309 e. The van der Waals surface area contributed by atoms with Gasteiger partial charge < -0.3 is 9.84 Å². The van der Waals surface area contributed by atoms with Crippen molar-refractivity contribution in [2.45, 2.75) is 24.3 Å². The highest BCUT2D eigenvalue weighted by Gasteiger charge is 2.14. The van der Waals surface area contributed by atoms with E-state index in [2.05, 4.69) is 9.46 Å². The summed E-state index contributed by atoms with van der Waals surface area (Å²) in [7, 11) is -2.34. The van der Waals surface area contributed by atoms with Crippen LogP contribution in [0.15, 0.2) is 29.2 Å². The van der Waals surface area contributed by atoms with Gasteiger partial charge in [0.05, 0.1) is 24.5 Å². The van der Waals surface area contributed by atoms with E-state index in [-0.39, 0.29) is 23.8 Å². The van der Waals surface area contributed by atoms with Crippen LogP contribution in [0.2, 0.25) is 0 Å². The van der Waals surface area contributed by atoms with Crippen molar-refractivity contribution >= 4 is 16.0 Å². The van der Waals surface area contributed by atoms with Gasteiger partial charge in [0.1, 0.15) is 0 Å². The molecule has 106 valence electrons. The van der Waals surface area contributed by atoms with E-state index < -0.39 is 16.1 Å². The number of methoxy groups -OCH3 is 1. The molecule has 0 spiro atoms. The molecule has 1 rings (SSSR count). The van der Waals surface area contributed by atoms with Crippen LogP contribution in [0, 0.1) is 0 Å². The minimum atomic E-state index is -3.63. The summed E-state index contributed by atoms with van der Waals surface area (Å²) in [5.41, 5.74) is 0.668. The van der Waals surface area contributed by atoms with Gasteiger partial charge in [0.2, 0.25) is 10.0 Å². The zero-order valence-corrected chi connectivity index (χ0v) is 11.6. The molecule has 0 saturated carbocycles. The summed E-state index contributed by atoms with van der Waals surface area (Å²) in [6, 6.07) is 5.91. The summed E-state index contributed by atoms with van der Waals surface area (Å²) in [5, 5.41) is 9.05. The molecule has 1 aromatic rings. The average Bonchev–Trinajstić information content (AvgIpc) is 2.37. The summed E-state index contributed by atoms with van der Waals surface area (Å²) in [4.78, 5) is 11.1. The Labute approximate surface area is 112 Å². The minimum Gasteiger partial charge on any atom is -0.469 e. The third-order valence-electron chi connectivity index (χ3n) is 2.38. The molecular formula is C12H17NO5S. The van der Waals surface area contributed by atoms with Crippen molar-refractivity contribution in [2.24, 2.45) is 0 Å². The van der Waals surface area contributed by atoms with Crippen LogP contribution >= 0.6 is 0 Å². The zero-order valence-electron chi connectivity index (χ0n) is 10.8. The number of hydrogen-bond acceptors (Lipinski definition) is 5. The lowest BCUT2D eigenvalue weighted by molar-refractivity contribution is -0.139. The van der Waals surface area contributed by atoms with Crippen LogP contribution < -0.4 is 4.72 Å². The maximum atomic E-state index is 11.8. The Morgan fingerprint density at radius 1 is 1.37 bits per heavy atom. The van der Waals surface area contributed by atoms with Crippen molar-refractivity contribution in [3.8, 4) is 0 Å². The Balaban J connectivity index is 2.78. The normalized spacial score (nSPS) is 13.0. The molecular weight excluding hydrogens is 270 g/mol. The lowest BCUT2D eigenvalue weighted by Gasteiger charge is -2.08. The third-order valence-corrected chi connectivity index (χ3v) is 3.82. The highest BCUT2D eigenvalue weighted by atomic mass is 32.2. The second-order valence-corrected chi connectivity index (χ2v) is 5.86. The van der Waals surface area contributed by atoms with Crippen molar-refractivity contribution in [1.82, 2.24) is 4.72 Å². The van der Waals surface area contributed by atoms with Crippen molar-refractivity contribution in [2.75, 3.05) is 13.7 Å². The van der Waals surface area contributed by atoms with Crippen LogP contribution in [-0.2, 0) is 26.0 Å². The molecule has 0 aliphatic heterocycles. The van der Waals surface area contributed by atoms with Crippen molar-refractivity contribution < 1.29 is 23.1 Å². The fourth-order valence-corrected chi connectivity index (χ4v) is 2.46. The number of carbonyl (C=O) groups is 1. The van der Waals surface area contributed by atoms with E-state index in [1.54, 1.807) is 12.1 Å². The van der Waals surface area contributed by atoms with E-state index in [4.69, 9.17) is 5.11 Å². The molecule has 0 heterocycles. The van der Waals surface area contributed by atoms with Crippen LogP contribution in [0.5, 0.6) is 0 Å². The Kier molecular flexibility index (Phi) is 5.46. The zero-order chi connectivity index (χ0) is 14.5. The first-order chi connectivity index (χ1) is 8.85. The first-order valence-corrected chi connectivity index (χ1v) is 7.17. The molecule has 0 aliphatic rings. The van der Waals surface area contributed by atoms with Gasteiger partial charge in [-0.2, -0.15) is 0 Å². The maximum absolute atomic E-state index is 11.8. The summed E-state index contributed by atoms with van der Waals surface area (Å²) < 4.78 is 30.4. The molecule has 0 aromatic heterocycles. The van der Waals surface area contributed by atoms with Crippen molar-refractivity contribution in [3.63, 3.8) is 0 Å². The Morgan fingerprint density at radius 2 is 1.95 bits per heavy atom. The van der Waals surface area contributed by atoms with Crippen molar-refractivity contribution in [1.29, 1.82) is 0 Å². The van der Waals surface area contributed by atoms with E-state index in [0.717, 1.165) is 0 Å². The second-order valence-electron chi connectivity index (χ2n) is 4.10. The van der Waals surface area contributed by atoms with Gasteiger partial charge in [-0.1, -0.05) is 12.1 Å². The predicted octanol–water partition coefficient (Wildman–Crippen LogP) is 0.0612. The first kappa shape index (κ1) is 15.6. The molecule has 1 atom stereocenters. The van der Waals surface area contributed by atoms with Gasteiger partial charge in [-0.05, 0) is 24.6 Å². The lowest BCUT2D eigenvalue weighted by atomic mass is 10.2. The van der Waals surface area contributed by atoms with Crippen molar-refractivity contribution in [3.05, 3.63) is 29.8 Å². The summed E-state index contributed by atoms with van der Waals surface area (Å²) in [6.07, 6.45) is -0.661. The average molecular weight is 287 g/mol. The number of aliphatic hydroxyl groups excluding tert-OH is 1. The number of aliphatic hydroxyl groups is 1. The van der Waals surface area contributed by atoms with Crippen LogP contribution in [0.4, 0.5) is 0 Å². The van der Waals surface area contributed by atoms with Crippen LogP contribution in [0.25, 0.3) is 0 Å². The van der Waals surface area contributed by atoms with E-state index in [1.165, 1.54) is 26.2 Å². The highest BCUT2D eigenvalue weighted by molar-refractivity contribution is 7.89. The molecule has 7 heteroatoms. The number of carbonyl (C=O) groups excluding carboxylic acids is 1. The molecule has 19 heavy (non-hydrogen) atoms. The molecule has 0 bridgehead atoms. The number of nitrogens with one attached hydrogen (secondary N) is 1. The molecule has 2 N–H and O–H groups in total. The third kappa shape index (κ3) is 4.98. The van der Waals surface area contributed by atoms with Gasteiger partial charge in [0.25, 0.3) is 0 Å². The highest BCUT2D eigenvalue weighted by Crippen LogP contribution is 2.11. The van der Waals surface area contributed by atoms with E-state index >= 15 is 0 Å². The number of hydrogen-bond donors (Lipinski definition) is 2. The van der Waals surface area contributed by atoms with Crippen LogP contribution in [0.3, 0.4) is 0 Å². The van der Waals surface area contributed by atoms with Gasteiger partial charge in [-0.15, -0.1) is 0 Å². The number of rotatable bonds is 6. The van der Waals surface area contributed by atoms with E-state index in [1.807, 2.05) is 0 Å². The fraction of sp³-hybridized carbons (Fsp3) is 0.417. The van der Waals surface area contributed by atoms with Gasteiger partial charge in [0.15, 0.2) is 0 Å². The Morgan fingerprint density at radius 3 is 2.42 bits per heavy atom. The predicted molar refractivity (Wildman–Crippen MR) is 69.0 cm³/mol. The van der Waals surface area contributed by atoms with Gasteiger partial charge in [-0.3, -0.25) is 4.79 Å². The van der Waals surface area contributed by atoms with Gasteiger partial charge in [-0.25, -0.2) is 13.1 Å². The number of esters is 1. The van der Waals surface area contributed by atoms with E-state index in [9.17, 15) is 13.2 Å². The Bertz CT molecular complexity index is 522. The molecule has 0 aliphatic carbocycles. The first-order valence-electron chi connectivity index (χ1n) is 5.68. The van der Waals surface area contributed by atoms with E-state index in [0.29, 0.717) is 5.56 Å². The molecule has 1 aromatic carbocycles. The SMILES string of the molecule is COC(=O)Cc1ccc(S(=O)(=O)NC[C@@H](C)O)cc1. The van der Waals surface area contributed by atoms with Gasteiger partial charge in [0, 0.05) is 6.54 Å². The molecule has 0 amide bonds. The molecule has 0 saturated heterocycles. The summed E-state index contributed by atoms with van der Waals surface area (Å²) in [6.45, 7) is 1.44. The number of benzene rings is 1. The van der Waals surface area contributed by atoms with Gasteiger partial charge >= 0.3 is 5.97 Å². The standard InChI is InChI=1S/C12H17NO5S/c1-9(14)8-13-19(16,17)11-5-3-10(4-6-11)7-12(15)18-2/h3-6,9,13-14H,7-8H2,1-2H3/t9-/m1/s1. The summed E-state index contributed by atoms with van der Waals surface area (Å²) in [5.74, 6) is -0.386. The number of sulfonamides is 1. The lowest BCUT2D eigenvalue weighted by Crippen LogP contribution is -2.30.